The molecule has 1 amide bonds. The predicted molar refractivity (Wildman–Crippen MR) is 323 cm³/mol. The van der Waals surface area contributed by atoms with E-state index in [0.29, 0.717) is 6.42 Å². The van der Waals surface area contributed by atoms with Gasteiger partial charge in [-0.25, -0.2) is 0 Å². The van der Waals surface area contributed by atoms with Crippen LogP contribution in [0.4, 0.5) is 0 Å². The molecular formula is C66H113NO13. The average molecular weight is 1130 g/mol. The van der Waals surface area contributed by atoms with Gasteiger partial charge in [-0.1, -0.05) is 233 Å². The summed E-state index contributed by atoms with van der Waals surface area (Å²) in [4.78, 5) is 13.2. The Balaban J connectivity index is 1.62. The second-order valence-electron chi connectivity index (χ2n) is 21.8. The molecule has 12 atom stereocenters. The van der Waals surface area contributed by atoms with Gasteiger partial charge in [0.05, 0.1) is 32.0 Å². The van der Waals surface area contributed by atoms with Gasteiger partial charge in [0.1, 0.15) is 48.8 Å². The van der Waals surface area contributed by atoms with Gasteiger partial charge in [-0.15, -0.1) is 0 Å². The number of allylic oxidation sites excluding steroid dienone is 15. The number of aliphatic hydroxyl groups excluding tert-OH is 8. The van der Waals surface area contributed by atoms with Crippen LogP contribution in [0.1, 0.15) is 219 Å². The molecule has 14 nitrogen and oxygen atoms in total. The van der Waals surface area contributed by atoms with Crippen LogP contribution in [0.3, 0.4) is 0 Å². The molecule has 9 N–H and O–H groups in total. The zero-order valence-corrected chi connectivity index (χ0v) is 49.5. The Labute approximate surface area is 483 Å². The summed E-state index contributed by atoms with van der Waals surface area (Å²) in [7, 11) is 0. The minimum Gasteiger partial charge on any atom is -0.394 e. The molecule has 2 fully saturated rings. The van der Waals surface area contributed by atoms with E-state index in [0.717, 1.165) is 89.9 Å². The lowest BCUT2D eigenvalue weighted by Gasteiger charge is -2.46. The molecule has 0 aromatic rings. The first-order valence-electron chi connectivity index (χ1n) is 31.5. The second kappa shape index (κ2) is 50.4. The largest absolute Gasteiger partial charge is 0.394 e. The number of hydrogen-bond donors (Lipinski definition) is 9. The molecule has 2 aliphatic rings. The first kappa shape index (κ1) is 73.0. The van der Waals surface area contributed by atoms with Gasteiger partial charge < -0.3 is 65.1 Å². The summed E-state index contributed by atoms with van der Waals surface area (Å²) in [5.41, 5.74) is 0. The lowest BCUT2D eigenvalue weighted by atomic mass is 9.97. The lowest BCUT2D eigenvalue weighted by molar-refractivity contribution is -0.359. The maximum Gasteiger partial charge on any atom is 0.220 e. The lowest BCUT2D eigenvalue weighted by Crippen LogP contribution is -2.65. The SMILES string of the molecule is CC/C=C\C/C=C\C/C=C\C/C=C\C/C=C\C/C=C\C/C=C\CCCCCCCCCCCCCCCC(=O)NC(COC1OC(CO)C(OC2OC(CO)C(O)C(O)C2O)C(O)C1O)C(O)/C=C/CCCCCCCCCCC. The third-order valence-electron chi connectivity index (χ3n) is 14.8. The molecule has 2 aliphatic heterocycles. The Bertz CT molecular complexity index is 1710. The Morgan fingerprint density at radius 2 is 0.863 bits per heavy atom. The Kier molecular flexibility index (Phi) is 46.0. The molecule has 0 aliphatic carbocycles. The number of nitrogens with one attached hydrogen (secondary N) is 1. The van der Waals surface area contributed by atoms with Gasteiger partial charge in [-0.2, -0.15) is 0 Å². The molecule has 2 rings (SSSR count). The molecule has 460 valence electrons. The number of carbonyl (C=O) groups excluding carboxylic acids is 1. The first-order valence-corrected chi connectivity index (χ1v) is 31.5. The molecule has 80 heavy (non-hydrogen) atoms. The van der Waals surface area contributed by atoms with Gasteiger partial charge in [0.15, 0.2) is 12.6 Å². The van der Waals surface area contributed by atoms with Gasteiger partial charge >= 0.3 is 0 Å². The van der Waals surface area contributed by atoms with Crippen molar-refractivity contribution in [3.8, 4) is 0 Å². The van der Waals surface area contributed by atoms with Crippen molar-refractivity contribution >= 4 is 5.91 Å². The van der Waals surface area contributed by atoms with Crippen LogP contribution in [0.25, 0.3) is 0 Å². The zero-order chi connectivity index (χ0) is 58.1. The monoisotopic (exact) mass is 1130 g/mol. The van der Waals surface area contributed by atoms with Crippen molar-refractivity contribution in [3.05, 3.63) is 97.2 Å². The fraction of sp³-hybridized carbons (Fsp3) is 0.742. The van der Waals surface area contributed by atoms with Gasteiger partial charge in [0.25, 0.3) is 0 Å². The highest BCUT2D eigenvalue weighted by Gasteiger charge is 2.51. The Morgan fingerprint density at radius 3 is 1.32 bits per heavy atom. The molecule has 0 bridgehead atoms. The highest BCUT2D eigenvalue weighted by atomic mass is 16.7. The van der Waals surface area contributed by atoms with Gasteiger partial charge in [0, 0.05) is 6.42 Å². The third kappa shape index (κ3) is 35.1. The van der Waals surface area contributed by atoms with Crippen molar-refractivity contribution in [1.82, 2.24) is 5.32 Å². The van der Waals surface area contributed by atoms with Gasteiger partial charge in [0.2, 0.25) is 5.91 Å². The quantitative estimate of drug-likeness (QED) is 0.0204. The van der Waals surface area contributed by atoms with E-state index in [1.807, 2.05) is 6.08 Å². The molecule has 0 aromatic carbocycles. The normalized spacial score (nSPS) is 24.9. The van der Waals surface area contributed by atoms with Crippen LogP contribution < -0.4 is 5.32 Å². The van der Waals surface area contributed by atoms with Crippen LogP contribution in [0.15, 0.2) is 97.2 Å². The highest BCUT2D eigenvalue weighted by Crippen LogP contribution is 2.30. The summed E-state index contributed by atoms with van der Waals surface area (Å²) in [5.74, 6) is -0.246. The highest BCUT2D eigenvalue weighted by molar-refractivity contribution is 5.76. The molecule has 2 saturated heterocycles. The van der Waals surface area contributed by atoms with Crippen LogP contribution in [0, 0.1) is 0 Å². The van der Waals surface area contributed by atoms with Crippen LogP contribution in [0.2, 0.25) is 0 Å². The number of ether oxygens (including phenoxy) is 4. The summed E-state index contributed by atoms with van der Waals surface area (Å²) in [5, 5.41) is 87.0. The maximum absolute atomic E-state index is 13.2. The van der Waals surface area contributed by atoms with E-state index in [1.54, 1.807) is 6.08 Å². The van der Waals surface area contributed by atoms with E-state index < -0.39 is 86.8 Å². The summed E-state index contributed by atoms with van der Waals surface area (Å²) >= 11 is 0. The van der Waals surface area contributed by atoms with Crippen molar-refractivity contribution < 1.29 is 64.6 Å². The van der Waals surface area contributed by atoms with E-state index in [-0.39, 0.29) is 18.9 Å². The van der Waals surface area contributed by atoms with Crippen molar-refractivity contribution in [1.29, 1.82) is 0 Å². The van der Waals surface area contributed by atoms with Crippen LogP contribution in [-0.2, 0) is 23.7 Å². The number of hydrogen-bond acceptors (Lipinski definition) is 13. The maximum atomic E-state index is 13.2. The minimum atomic E-state index is -1.79. The van der Waals surface area contributed by atoms with Crippen LogP contribution >= 0.6 is 0 Å². The fourth-order valence-electron chi connectivity index (χ4n) is 9.74. The molecule has 12 unspecified atom stereocenters. The Morgan fingerprint density at radius 1 is 0.463 bits per heavy atom. The van der Waals surface area contributed by atoms with Crippen LogP contribution in [0.5, 0.6) is 0 Å². The average Bonchev–Trinajstić information content (AvgIpc) is 3.46. The third-order valence-corrected chi connectivity index (χ3v) is 14.8. The van der Waals surface area contributed by atoms with Crippen molar-refractivity contribution in [2.45, 2.75) is 293 Å². The standard InChI is InChI=1S/C66H113NO13/c1-3-5-7-9-11-13-15-16-17-18-19-20-21-22-23-24-25-26-27-28-29-30-31-32-33-34-35-36-37-38-40-42-44-46-48-50-58(71)67-54(55(70)49-47-45-43-41-39-14-12-10-8-6-4-2)53-77-65-63(76)61(74)64(57(52-69)79-65)80-66-62(75)60(73)59(72)56(51-68)78-66/h5,7,11,13,16-17,19-20,22-23,25-26,28-29,47,49,54-57,59-66,68-70,72-76H,3-4,6,8-10,12,14-15,18,21,24,27,30-46,48,50-53H2,1-2H3,(H,67,71)/b7-5-,13-11-,17-16-,20-19-,23-22-,26-25-,29-28-,49-47+. The van der Waals surface area contributed by atoms with E-state index in [2.05, 4.69) is 104 Å². The summed E-state index contributed by atoms with van der Waals surface area (Å²) in [6.45, 7) is 2.65. The van der Waals surface area contributed by atoms with E-state index in [9.17, 15) is 45.6 Å². The summed E-state index contributed by atoms with van der Waals surface area (Å²) in [6.07, 6.45) is 53.2. The number of unbranched alkanes of at least 4 members (excludes halogenated alkanes) is 22. The number of carbonyl (C=O) groups is 1. The van der Waals surface area contributed by atoms with Crippen LogP contribution in [-0.4, -0.2) is 140 Å². The molecule has 0 spiro atoms. The Hall–Kier alpha value is -3.09. The molecule has 14 heteroatoms. The number of amides is 1. The van der Waals surface area contributed by atoms with E-state index in [4.69, 9.17) is 18.9 Å². The second-order valence-corrected chi connectivity index (χ2v) is 21.8. The summed E-state index contributed by atoms with van der Waals surface area (Å²) in [6, 6.07) is -0.919. The number of aliphatic hydroxyl groups is 8. The van der Waals surface area contributed by atoms with Gasteiger partial charge in [-0.05, 0) is 77.0 Å². The molecule has 0 saturated carbocycles. The number of rotatable bonds is 49. The minimum absolute atomic E-state index is 0.246. The van der Waals surface area contributed by atoms with E-state index >= 15 is 0 Å². The fourth-order valence-corrected chi connectivity index (χ4v) is 9.74. The zero-order valence-electron chi connectivity index (χ0n) is 49.5. The van der Waals surface area contributed by atoms with Crippen molar-refractivity contribution in [3.63, 3.8) is 0 Å². The van der Waals surface area contributed by atoms with Crippen molar-refractivity contribution in [2.75, 3.05) is 19.8 Å². The van der Waals surface area contributed by atoms with Crippen molar-refractivity contribution in [2.24, 2.45) is 0 Å². The first-order chi connectivity index (χ1) is 39.1. The molecule has 2 heterocycles. The molecule has 0 radical (unpaired) electrons. The van der Waals surface area contributed by atoms with E-state index in [1.165, 1.54) is 103 Å². The molecule has 0 aromatic heterocycles. The summed E-state index contributed by atoms with van der Waals surface area (Å²) < 4.78 is 22.7. The van der Waals surface area contributed by atoms with Gasteiger partial charge in [-0.3, -0.25) is 4.79 Å². The molecular weight excluding hydrogens is 1010 g/mol. The smallest absolute Gasteiger partial charge is 0.220 e. The topological polar surface area (TPSA) is 228 Å². The predicted octanol–water partition coefficient (Wildman–Crippen LogP) is 11.4.